The molecule has 1 unspecified atom stereocenters. The molecule has 0 aromatic carbocycles. The Hall–Kier alpha value is -0.300. The normalized spacial score (nSPS) is 15.1. The molecule has 0 fully saturated rings. The van der Waals surface area contributed by atoms with E-state index in [9.17, 15) is 0 Å². The highest BCUT2D eigenvalue weighted by atomic mass is 14.9. The maximum absolute atomic E-state index is 3.74. The van der Waals surface area contributed by atoms with Crippen LogP contribution >= 0.6 is 0 Å². The van der Waals surface area contributed by atoms with Crippen molar-refractivity contribution in [1.82, 2.24) is 5.32 Å². The van der Waals surface area contributed by atoms with Crippen LogP contribution in [0.3, 0.4) is 0 Å². The van der Waals surface area contributed by atoms with Crippen LogP contribution in [0.25, 0.3) is 0 Å². The molecular weight excluding hydrogens is 110 g/mol. The highest BCUT2D eigenvalue weighted by molar-refractivity contribution is 4.92. The molecule has 0 saturated carbocycles. The first-order valence-electron chi connectivity index (χ1n) is 3.32. The van der Waals surface area contributed by atoms with Crippen molar-refractivity contribution in [2.24, 2.45) is 5.41 Å². The zero-order chi connectivity index (χ0) is 7.49. The van der Waals surface area contributed by atoms with E-state index in [4.69, 9.17) is 0 Å². The van der Waals surface area contributed by atoms with E-state index in [0.717, 1.165) is 0 Å². The van der Waals surface area contributed by atoms with Crippen LogP contribution in [-0.4, -0.2) is 13.1 Å². The quantitative estimate of drug-likeness (QED) is 0.558. The molecule has 0 bridgehead atoms. The van der Waals surface area contributed by atoms with Gasteiger partial charge in [-0.15, -0.1) is 6.58 Å². The number of rotatable bonds is 2. The topological polar surface area (TPSA) is 12.0 Å². The van der Waals surface area contributed by atoms with Gasteiger partial charge < -0.3 is 5.32 Å². The molecule has 0 aromatic heterocycles. The Labute approximate surface area is 58.2 Å². The van der Waals surface area contributed by atoms with Crippen LogP contribution in [0.2, 0.25) is 0 Å². The molecule has 0 rings (SSSR count). The lowest BCUT2D eigenvalue weighted by Crippen LogP contribution is -2.35. The van der Waals surface area contributed by atoms with Crippen LogP contribution < -0.4 is 5.32 Å². The molecule has 54 valence electrons. The predicted molar refractivity (Wildman–Crippen MR) is 42.5 cm³/mol. The van der Waals surface area contributed by atoms with E-state index in [2.05, 4.69) is 32.7 Å². The molecule has 0 radical (unpaired) electrons. The summed E-state index contributed by atoms with van der Waals surface area (Å²) in [6.07, 6.45) is 1.94. The second-order valence-corrected chi connectivity index (χ2v) is 3.37. The molecule has 1 N–H and O–H groups in total. The summed E-state index contributed by atoms with van der Waals surface area (Å²) in [6, 6.07) is 0.414. The van der Waals surface area contributed by atoms with Crippen LogP contribution in [0, 0.1) is 5.41 Å². The molecular formula is C8H17N. The minimum atomic E-state index is 0.288. The standard InChI is InChI=1S/C8H17N/c1-6-7(9-5)8(2,3)4/h6-7,9H,1H2,2-5H3. The van der Waals surface area contributed by atoms with Crippen molar-refractivity contribution in [2.45, 2.75) is 26.8 Å². The summed E-state index contributed by atoms with van der Waals surface area (Å²) in [7, 11) is 1.96. The van der Waals surface area contributed by atoms with Crippen molar-refractivity contribution in [3.05, 3.63) is 12.7 Å². The van der Waals surface area contributed by atoms with E-state index in [1.165, 1.54) is 0 Å². The first kappa shape index (κ1) is 8.70. The SMILES string of the molecule is C=CC(NC)C(C)(C)C. The Kier molecular flexibility index (Phi) is 2.92. The Bertz CT molecular complexity index is 89.2. The zero-order valence-electron chi connectivity index (χ0n) is 6.86. The van der Waals surface area contributed by atoms with Gasteiger partial charge in [0.15, 0.2) is 0 Å². The van der Waals surface area contributed by atoms with Gasteiger partial charge >= 0.3 is 0 Å². The van der Waals surface area contributed by atoms with Gasteiger partial charge in [0, 0.05) is 6.04 Å². The molecule has 0 aromatic rings. The summed E-state index contributed by atoms with van der Waals surface area (Å²) in [6.45, 7) is 10.3. The maximum atomic E-state index is 3.74. The zero-order valence-corrected chi connectivity index (χ0v) is 6.86. The first-order valence-corrected chi connectivity index (χ1v) is 3.32. The summed E-state index contributed by atoms with van der Waals surface area (Å²) in [4.78, 5) is 0. The maximum Gasteiger partial charge on any atom is 0.0293 e. The summed E-state index contributed by atoms with van der Waals surface area (Å²) in [5, 5.41) is 3.17. The molecule has 1 heteroatoms. The highest BCUT2D eigenvalue weighted by Crippen LogP contribution is 2.18. The molecule has 0 saturated heterocycles. The van der Waals surface area contributed by atoms with Gasteiger partial charge in [0.25, 0.3) is 0 Å². The highest BCUT2D eigenvalue weighted by Gasteiger charge is 2.18. The smallest absolute Gasteiger partial charge is 0.0293 e. The van der Waals surface area contributed by atoms with Crippen LogP contribution in [0.5, 0.6) is 0 Å². The fourth-order valence-corrected chi connectivity index (χ4v) is 0.904. The number of likely N-dealkylation sites (N-methyl/N-ethyl adjacent to an activating group) is 1. The van der Waals surface area contributed by atoms with E-state index in [1.54, 1.807) is 0 Å². The first-order chi connectivity index (χ1) is 4.02. The lowest BCUT2D eigenvalue weighted by Gasteiger charge is -2.27. The van der Waals surface area contributed by atoms with E-state index < -0.39 is 0 Å². The van der Waals surface area contributed by atoms with Crippen LogP contribution in [-0.2, 0) is 0 Å². The molecule has 9 heavy (non-hydrogen) atoms. The summed E-state index contributed by atoms with van der Waals surface area (Å²) < 4.78 is 0. The van der Waals surface area contributed by atoms with Crippen molar-refractivity contribution >= 4 is 0 Å². The van der Waals surface area contributed by atoms with Gasteiger partial charge in [-0.3, -0.25) is 0 Å². The third kappa shape index (κ3) is 2.66. The lowest BCUT2D eigenvalue weighted by atomic mass is 9.87. The summed E-state index contributed by atoms with van der Waals surface area (Å²) in [5.41, 5.74) is 0.288. The average Bonchev–Trinajstić information content (AvgIpc) is 1.65. The van der Waals surface area contributed by atoms with Gasteiger partial charge in [0.05, 0.1) is 0 Å². The van der Waals surface area contributed by atoms with E-state index in [0.29, 0.717) is 6.04 Å². The van der Waals surface area contributed by atoms with Crippen molar-refractivity contribution in [3.8, 4) is 0 Å². The lowest BCUT2D eigenvalue weighted by molar-refractivity contribution is 0.329. The van der Waals surface area contributed by atoms with Crippen LogP contribution in [0.15, 0.2) is 12.7 Å². The molecule has 0 spiro atoms. The second kappa shape index (κ2) is 3.02. The van der Waals surface area contributed by atoms with Gasteiger partial charge in [-0.05, 0) is 12.5 Å². The summed E-state index contributed by atoms with van der Waals surface area (Å²) in [5.74, 6) is 0. The van der Waals surface area contributed by atoms with Crippen LogP contribution in [0.4, 0.5) is 0 Å². The van der Waals surface area contributed by atoms with Gasteiger partial charge in [0.1, 0.15) is 0 Å². The molecule has 0 aliphatic rings. The molecule has 0 aliphatic heterocycles. The van der Waals surface area contributed by atoms with Crippen molar-refractivity contribution in [3.63, 3.8) is 0 Å². The number of hydrogen-bond acceptors (Lipinski definition) is 1. The third-order valence-corrected chi connectivity index (χ3v) is 1.48. The minimum absolute atomic E-state index is 0.288. The summed E-state index contributed by atoms with van der Waals surface area (Å²) >= 11 is 0. The van der Waals surface area contributed by atoms with Crippen molar-refractivity contribution in [1.29, 1.82) is 0 Å². The Morgan fingerprint density at radius 2 is 1.89 bits per heavy atom. The largest absolute Gasteiger partial charge is 0.313 e. The van der Waals surface area contributed by atoms with Gasteiger partial charge in [-0.25, -0.2) is 0 Å². The fourth-order valence-electron chi connectivity index (χ4n) is 0.904. The molecule has 0 aliphatic carbocycles. The predicted octanol–water partition coefficient (Wildman–Crippen LogP) is 1.81. The van der Waals surface area contributed by atoms with Gasteiger partial charge in [-0.1, -0.05) is 26.8 Å². The Morgan fingerprint density at radius 1 is 1.44 bits per heavy atom. The average molecular weight is 127 g/mol. The van der Waals surface area contributed by atoms with Crippen LogP contribution in [0.1, 0.15) is 20.8 Å². The third-order valence-electron chi connectivity index (χ3n) is 1.48. The van der Waals surface area contributed by atoms with E-state index in [1.807, 2.05) is 13.1 Å². The molecule has 0 amide bonds. The van der Waals surface area contributed by atoms with E-state index >= 15 is 0 Å². The van der Waals surface area contributed by atoms with Crippen molar-refractivity contribution in [2.75, 3.05) is 7.05 Å². The van der Waals surface area contributed by atoms with Gasteiger partial charge in [0.2, 0.25) is 0 Å². The van der Waals surface area contributed by atoms with Gasteiger partial charge in [-0.2, -0.15) is 0 Å². The van der Waals surface area contributed by atoms with Crippen molar-refractivity contribution < 1.29 is 0 Å². The molecule has 0 heterocycles. The van der Waals surface area contributed by atoms with E-state index in [-0.39, 0.29) is 5.41 Å². The Balaban J connectivity index is 3.94. The monoisotopic (exact) mass is 127 g/mol. The minimum Gasteiger partial charge on any atom is -0.313 e. The molecule has 1 atom stereocenters. The molecule has 1 nitrogen and oxygen atoms in total. The fraction of sp³-hybridized carbons (Fsp3) is 0.750. The Morgan fingerprint density at radius 3 is 1.89 bits per heavy atom. The second-order valence-electron chi connectivity index (χ2n) is 3.37. The number of hydrogen-bond donors (Lipinski definition) is 1. The number of nitrogens with one attached hydrogen (secondary N) is 1.